The van der Waals surface area contributed by atoms with Crippen LogP contribution in [0.2, 0.25) is 0 Å². The van der Waals surface area contributed by atoms with Crippen LogP contribution in [-0.2, 0) is 23.6 Å². The van der Waals surface area contributed by atoms with E-state index in [0.29, 0.717) is 11.3 Å². The van der Waals surface area contributed by atoms with E-state index in [2.05, 4.69) is 21.7 Å². The van der Waals surface area contributed by atoms with E-state index >= 15 is 0 Å². The Bertz CT molecular complexity index is 785. The summed E-state index contributed by atoms with van der Waals surface area (Å²) >= 11 is 0. The molecule has 0 aliphatic rings. The number of benzene rings is 1. The van der Waals surface area contributed by atoms with Crippen LogP contribution in [0.4, 0.5) is 0 Å². The Balaban J connectivity index is 2.15. The molecule has 0 fully saturated rings. The highest BCUT2D eigenvalue weighted by Gasteiger charge is 2.14. The van der Waals surface area contributed by atoms with Crippen LogP contribution in [0.3, 0.4) is 0 Å². The molecule has 0 aliphatic heterocycles. The van der Waals surface area contributed by atoms with E-state index in [9.17, 15) is 8.42 Å². The first-order chi connectivity index (χ1) is 10.0. The van der Waals surface area contributed by atoms with Crippen LogP contribution in [0.25, 0.3) is 0 Å². The lowest BCUT2D eigenvalue weighted by Gasteiger charge is -2.05. The minimum atomic E-state index is -3.63. The van der Waals surface area contributed by atoms with E-state index in [1.807, 2.05) is 0 Å². The van der Waals surface area contributed by atoms with Crippen molar-refractivity contribution in [3.05, 3.63) is 47.8 Å². The van der Waals surface area contributed by atoms with Crippen molar-refractivity contribution in [3.63, 3.8) is 0 Å². The van der Waals surface area contributed by atoms with Crippen molar-refractivity contribution in [3.8, 4) is 11.8 Å². The maximum absolute atomic E-state index is 12.2. The van der Waals surface area contributed by atoms with E-state index < -0.39 is 10.0 Å². The van der Waals surface area contributed by atoms with Crippen LogP contribution in [0.1, 0.15) is 11.3 Å². The summed E-state index contributed by atoms with van der Waals surface area (Å²) in [5.41, 5.74) is 1.17. The van der Waals surface area contributed by atoms with Crippen LogP contribution in [0.5, 0.6) is 0 Å². The Morgan fingerprint density at radius 2 is 2.19 bits per heavy atom. The van der Waals surface area contributed by atoms with Gasteiger partial charge in [-0.3, -0.25) is 4.68 Å². The van der Waals surface area contributed by atoms with Gasteiger partial charge in [0.25, 0.3) is 0 Å². The second kappa shape index (κ2) is 6.54. The van der Waals surface area contributed by atoms with Gasteiger partial charge in [0.15, 0.2) is 0 Å². The van der Waals surface area contributed by atoms with Gasteiger partial charge in [0.05, 0.1) is 17.1 Å². The minimum absolute atomic E-state index is 0.121. The van der Waals surface area contributed by atoms with Crippen LogP contribution in [-0.4, -0.2) is 29.9 Å². The van der Waals surface area contributed by atoms with Crippen molar-refractivity contribution in [2.24, 2.45) is 7.05 Å². The van der Waals surface area contributed by atoms with Gasteiger partial charge in [-0.05, 0) is 24.3 Å². The van der Waals surface area contributed by atoms with Crippen molar-refractivity contribution in [1.29, 1.82) is 0 Å². The SMILES string of the molecule is Cn1ccc(CNS(=O)(=O)c2cccc(C#CCO)c2)n1. The number of hydrogen-bond acceptors (Lipinski definition) is 4. The fraction of sp³-hybridized carbons (Fsp3) is 0.214. The summed E-state index contributed by atoms with van der Waals surface area (Å²) in [6.07, 6.45) is 1.74. The molecule has 0 unspecified atom stereocenters. The van der Waals surface area contributed by atoms with Gasteiger partial charge in [-0.15, -0.1) is 0 Å². The third kappa shape index (κ3) is 4.16. The summed E-state index contributed by atoms with van der Waals surface area (Å²) in [6, 6.07) is 7.98. The van der Waals surface area contributed by atoms with Crippen LogP contribution >= 0.6 is 0 Å². The zero-order valence-corrected chi connectivity index (χ0v) is 12.3. The molecule has 2 aromatic rings. The number of nitrogens with zero attached hydrogens (tertiary/aromatic N) is 2. The second-order valence-corrected chi connectivity index (χ2v) is 6.06. The third-order valence-corrected chi connectivity index (χ3v) is 4.07. The number of aliphatic hydroxyl groups excluding tert-OH is 1. The Morgan fingerprint density at radius 1 is 1.38 bits per heavy atom. The predicted molar refractivity (Wildman–Crippen MR) is 77.6 cm³/mol. The van der Waals surface area contributed by atoms with E-state index in [1.54, 1.807) is 36.1 Å². The molecule has 21 heavy (non-hydrogen) atoms. The molecule has 0 saturated heterocycles. The fourth-order valence-electron chi connectivity index (χ4n) is 1.69. The lowest BCUT2D eigenvalue weighted by atomic mass is 10.2. The van der Waals surface area contributed by atoms with E-state index in [4.69, 9.17) is 5.11 Å². The smallest absolute Gasteiger partial charge is 0.240 e. The first kappa shape index (κ1) is 15.3. The number of aliphatic hydroxyl groups is 1. The number of aromatic nitrogens is 2. The molecule has 2 rings (SSSR count). The summed E-state index contributed by atoms with van der Waals surface area (Å²) in [4.78, 5) is 0.128. The molecule has 2 N–H and O–H groups in total. The topological polar surface area (TPSA) is 84.2 Å². The lowest BCUT2D eigenvalue weighted by molar-refractivity contribution is 0.350. The summed E-state index contributed by atoms with van der Waals surface area (Å²) in [5.74, 6) is 5.16. The van der Waals surface area contributed by atoms with Gasteiger partial charge in [0.1, 0.15) is 6.61 Å². The molecule has 1 aromatic carbocycles. The number of hydrogen-bond donors (Lipinski definition) is 2. The van der Waals surface area contributed by atoms with Crippen molar-refractivity contribution < 1.29 is 13.5 Å². The van der Waals surface area contributed by atoms with Crippen molar-refractivity contribution in [2.75, 3.05) is 6.61 Å². The summed E-state index contributed by atoms with van der Waals surface area (Å²) < 4.78 is 28.5. The first-order valence-corrected chi connectivity index (χ1v) is 7.67. The third-order valence-electron chi connectivity index (χ3n) is 2.67. The van der Waals surface area contributed by atoms with Gasteiger partial charge in [-0.1, -0.05) is 17.9 Å². The van der Waals surface area contributed by atoms with Gasteiger partial charge in [-0.2, -0.15) is 5.10 Å². The lowest BCUT2D eigenvalue weighted by Crippen LogP contribution is -2.23. The molecule has 0 amide bonds. The molecular formula is C14H15N3O3S. The highest BCUT2D eigenvalue weighted by atomic mass is 32.2. The average molecular weight is 305 g/mol. The maximum Gasteiger partial charge on any atom is 0.240 e. The molecule has 0 spiro atoms. The Kier molecular flexibility index (Phi) is 4.75. The zero-order valence-electron chi connectivity index (χ0n) is 11.4. The second-order valence-electron chi connectivity index (χ2n) is 4.29. The molecule has 6 nitrogen and oxygen atoms in total. The number of sulfonamides is 1. The molecular weight excluding hydrogens is 290 g/mol. The van der Waals surface area contributed by atoms with Gasteiger partial charge in [0, 0.05) is 18.8 Å². The Morgan fingerprint density at radius 3 is 2.86 bits per heavy atom. The van der Waals surface area contributed by atoms with Gasteiger partial charge >= 0.3 is 0 Å². The molecule has 0 bridgehead atoms. The quantitative estimate of drug-likeness (QED) is 0.793. The van der Waals surface area contributed by atoms with Crippen LogP contribution < -0.4 is 4.72 Å². The fourth-order valence-corrected chi connectivity index (χ4v) is 2.74. The van der Waals surface area contributed by atoms with Crippen molar-refractivity contribution in [2.45, 2.75) is 11.4 Å². The average Bonchev–Trinajstić information content (AvgIpc) is 2.89. The van der Waals surface area contributed by atoms with Gasteiger partial charge < -0.3 is 5.11 Å². The molecule has 0 aliphatic carbocycles. The molecule has 0 saturated carbocycles. The highest BCUT2D eigenvalue weighted by Crippen LogP contribution is 2.11. The zero-order chi connectivity index (χ0) is 15.3. The van der Waals surface area contributed by atoms with Crippen molar-refractivity contribution in [1.82, 2.24) is 14.5 Å². The van der Waals surface area contributed by atoms with Gasteiger partial charge in [-0.25, -0.2) is 13.1 Å². The molecule has 110 valence electrons. The monoisotopic (exact) mass is 305 g/mol. The van der Waals surface area contributed by atoms with E-state index in [1.165, 1.54) is 12.1 Å². The molecule has 1 aromatic heterocycles. The van der Waals surface area contributed by atoms with Gasteiger partial charge in [0.2, 0.25) is 10.0 Å². The molecule has 0 atom stereocenters. The highest BCUT2D eigenvalue weighted by molar-refractivity contribution is 7.89. The van der Waals surface area contributed by atoms with Crippen molar-refractivity contribution >= 4 is 10.0 Å². The summed E-state index contributed by atoms with van der Waals surface area (Å²) in [7, 11) is -1.86. The number of aryl methyl sites for hydroxylation is 1. The maximum atomic E-state index is 12.2. The van der Waals surface area contributed by atoms with E-state index in [0.717, 1.165) is 0 Å². The molecule has 0 radical (unpaired) electrons. The largest absolute Gasteiger partial charge is 0.384 e. The molecule has 1 heterocycles. The summed E-state index contributed by atoms with van der Waals surface area (Å²) in [5, 5.41) is 12.8. The standard InChI is InChI=1S/C14H15N3O3S/c1-17-8-7-13(16-17)11-15-21(19,20)14-6-2-4-12(10-14)5-3-9-18/h2,4,6-8,10,15,18H,9,11H2,1H3. The van der Waals surface area contributed by atoms with Crippen LogP contribution in [0.15, 0.2) is 41.4 Å². The van der Waals surface area contributed by atoms with Crippen LogP contribution in [0, 0.1) is 11.8 Å². The number of nitrogens with one attached hydrogen (secondary N) is 1. The Hall–Kier alpha value is -2.14. The predicted octanol–water partition coefficient (Wildman–Crippen LogP) is 0.242. The first-order valence-electron chi connectivity index (χ1n) is 6.19. The normalized spacial score (nSPS) is 11.0. The van der Waals surface area contributed by atoms with E-state index in [-0.39, 0.29) is 18.0 Å². The Labute approximate surface area is 123 Å². The minimum Gasteiger partial charge on any atom is -0.384 e. The summed E-state index contributed by atoms with van der Waals surface area (Å²) in [6.45, 7) is -0.148. The number of rotatable bonds is 4. The molecule has 7 heteroatoms.